The fraction of sp³-hybridized carbons (Fsp3) is 0.100. The molecule has 0 aliphatic heterocycles. The van der Waals surface area contributed by atoms with Crippen LogP contribution in [0.25, 0.3) is 0 Å². The fourth-order valence-electron chi connectivity index (χ4n) is 3.61. The lowest BCUT2D eigenvalue weighted by Gasteiger charge is -2.12. The van der Waals surface area contributed by atoms with Crippen LogP contribution in [0.1, 0.15) is 31.8 Å². The Kier molecular flexibility index (Phi) is 8.99. The van der Waals surface area contributed by atoms with Crippen molar-refractivity contribution in [2.75, 3.05) is 11.9 Å². The van der Waals surface area contributed by atoms with Crippen LogP contribution in [-0.4, -0.2) is 23.5 Å². The summed E-state index contributed by atoms with van der Waals surface area (Å²) >= 11 is 5.32. The number of nitrogens with one attached hydrogen (secondary N) is 3. The lowest BCUT2D eigenvalue weighted by atomic mass is 10.1. The minimum absolute atomic E-state index is 0.127. The molecule has 0 fully saturated rings. The molecule has 0 saturated heterocycles. The van der Waals surface area contributed by atoms with Gasteiger partial charge in [-0.15, -0.1) is 0 Å². The highest BCUT2D eigenvalue weighted by Crippen LogP contribution is 2.15. The summed E-state index contributed by atoms with van der Waals surface area (Å²) in [6.45, 7) is 0.936. The third kappa shape index (κ3) is 8.02. The predicted molar refractivity (Wildman–Crippen MR) is 150 cm³/mol. The molecule has 3 N–H and O–H groups in total. The summed E-state index contributed by atoms with van der Waals surface area (Å²) in [5.74, 6) is 0.0472. The van der Waals surface area contributed by atoms with Crippen LogP contribution < -0.4 is 20.7 Å². The van der Waals surface area contributed by atoms with Crippen LogP contribution in [0, 0.1) is 0 Å². The molecule has 0 radical (unpaired) electrons. The van der Waals surface area contributed by atoms with E-state index < -0.39 is 0 Å². The highest BCUT2D eigenvalue weighted by molar-refractivity contribution is 7.80. The van der Waals surface area contributed by atoms with E-state index >= 15 is 0 Å². The van der Waals surface area contributed by atoms with Crippen LogP contribution in [-0.2, 0) is 13.0 Å². The van der Waals surface area contributed by atoms with Crippen molar-refractivity contribution in [1.29, 1.82) is 0 Å². The molecule has 0 heterocycles. The molecule has 0 spiro atoms. The molecule has 4 rings (SSSR count). The van der Waals surface area contributed by atoms with Gasteiger partial charge in [0.15, 0.2) is 5.11 Å². The quantitative estimate of drug-likeness (QED) is 0.265. The van der Waals surface area contributed by atoms with E-state index in [0.29, 0.717) is 35.7 Å². The van der Waals surface area contributed by atoms with Gasteiger partial charge in [0.1, 0.15) is 5.75 Å². The fourth-order valence-corrected chi connectivity index (χ4v) is 3.83. The molecule has 37 heavy (non-hydrogen) atoms. The van der Waals surface area contributed by atoms with Gasteiger partial charge in [0.25, 0.3) is 11.8 Å². The van der Waals surface area contributed by atoms with Gasteiger partial charge in [-0.1, -0.05) is 72.8 Å². The predicted octanol–water partition coefficient (Wildman–Crippen LogP) is 5.36. The van der Waals surface area contributed by atoms with Crippen LogP contribution in [0.4, 0.5) is 5.69 Å². The van der Waals surface area contributed by atoms with Crippen molar-refractivity contribution in [1.82, 2.24) is 10.6 Å². The van der Waals surface area contributed by atoms with Crippen LogP contribution in [0.5, 0.6) is 5.75 Å². The summed E-state index contributed by atoms with van der Waals surface area (Å²) in [6.07, 6.45) is 0.772. The van der Waals surface area contributed by atoms with Crippen molar-refractivity contribution in [3.8, 4) is 5.75 Å². The zero-order valence-corrected chi connectivity index (χ0v) is 21.0. The van der Waals surface area contributed by atoms with Crippen LogP contribution in [0.3, 0.4) is 0 Å². The van der Waals surface area contributed by atoms with Crippen molar-refractivity contribution in [3.63, 3.8) is 0 Å². The normalized spacial score (nSPS) is 10.3. The van der Waals surface area contributed by atoms with E-state index in [-0.39, 0.29) is 16.9 Å². The largest absolute Gasteiger partial charge is 0.493 e. The Labute approximate surface area is 221 Å². The number of benzene rings is 4. The summed E-state index contributed by atoms with van der Waals surface area (Å²) in [7, 11) is 0. The molecule has 186 valence electrons. The average Bonchev–Trinajstić information content (AvgIpc) is 2.93. The average molecular weight is 510 g/mol. The number of anilines is 1. The SMILES string of the molecule is O=C(NCc1ccccc1)c1cccc(NC(=S)NC(=O)c2cccc(OCCc3ccccc3)c2)c1. The molecule has 7 heteroatoms. The molecular formula is C30H27N3O3S. The summed E-state index contributed by atoms with van der Waals surface area (Å²) in [4.78, 5) is 25.3. The number of rotatable bonds is 9. The molecule has 4 aromatic carbocycles. The molecule has 0 saturated carbocycles. The van der Waals surface area contributed by atoms with Gasteiger partial charge in [-0.05, 0) is 59.7 Å². The first kappa shape index (κ1) is 25.6. The van der Waals surface area contributed by atoms with E-state index in [1.807, 2.05) is 66.7 Å². The van der Waals surface area contributed by atoms with Crippen molar-refractivity contribution in [3.05, 3.63) is 131 Å². The lowest BCUT2D eigenvalue weighted by Crippen LogP contribution is -2.34. The smallest absolute Gasteiger partial charge is 0.257 e. The van der Waals surface area contributed by atoms with E-state index in [0.717, 1.165) is 12.0 Å². The summed E-state index contributed by atoms with van der Waals surface area (Å²) in [5, 5.41) is 8.67. The third-order valence-electron chi connectivity index (χ3n) is 5.50. The lowest BCUT2D eigenvalue weighted by molar-refractivity contribution is 0.0948. The monoisotopic (exact) mass is 509 g/mol. The second-order valence-corrected chi connectivity index (χ2v) is 8.68. The molecule has 0 aromatic heterocycles. The number of amides is 2. The maximum Gasteiger partial charge on any atom is 0.257 e. The molecular weight excluding hydrogens is 482 g/mol. The Balaban J connectivity index is 1.28. The summed E-state index contributed by atoms with van der Waals surface area (Å²) in [5.41, 5.74) is 3.70. The Hall–Kier alpha value is -4.49. The minimum Gasteiger partial charge on any atom is -0.493 e. The Bertz CT molecular complexity index is 1360. The van der Waals surface area contributed by atoms with E-state index in [1.54, 1.807) is 42.5 Å². The van der Waals surface area contributed by atoms with Gasteiger partial charge in [0.2, 0.25) is 0 Å². The Morgan fingerprint density at radius 3 is 2.08 bits per heavy atom. The highest BCUT2D eigenvalue weighted by Gasteiger charge is 2.11. The Morgan fingerprint density at radius 1 is 0.703 bits per heavy atom. The second-order valence-electron chi connectivity index (χ2n) is 8.27. The number of carbonyl (C=O) groups is 2. The molecule has 0 aliphatic carbocycles. The first-order chi connectivity index (χ1) is 18.1. The third-order valence-corrected chi connectivity index (χ3v) is 5.71. The highest BCUT2D eigenvalue weighted by atomic mass is 32.1. The van der Waals surface area contributed by atoms with Gasteiger partial charge >= 0.3 is 0 Å². The van der Waals surface area contributed by atoms with Crippen molar-refractivity contribution >= 4 is 34.8 Å². The van der Waals surface area contributed by atoms with Crippen molar-refractivity contribution in [2.24, 2.45) is 0 Å². The topological polar surface area (TPSA) is 79.5 Å². The number of ether oxygens (including phenoxy) is 1. The van der Waals surface area contributed by atoms with Crippen LogP contribution in [0.15, 0.2) is 109 Å². The van der Waals surface area contributed by atoms with Crippen LogP contribution in [0.2, 0.25) is 0 Å². The van der Waals surface area contributed by atoms with Gasteiger partial charge in [-0.3, -0.25) is 14.9 Å². The van der Waals surface area contributed by atoms with E-state index in [4.69, 9.17) is 17.0 Å². The summed E-state index contributed by atoms with van der Waals surface area (Å²) in [6, 6.07) is 33.6. The number of hydrogen-bond acceptors (Lipinski definition) is 4. The zero-order chi connectivity index (χ0) is 25.9. The molecule has 0 unspecified atom stereocenters. The van der Waals surface area contributed by atoms with Gasteiger partial charge in [-0.25, -0.2) is 0 Å². The minimum atomic E-state index is -0.359. The zero-order valence-electron chi connectivity index (χ0n) is 20.1. The van der Waals surface area contributed by atoms with Crippen molar-refractivity contribution < 1.29 is 14.3 Å². The molecule has 0 atom stereocenters. The van der Waals surface area contributed by atoms with Gasteiger partial charge in [0, 0.05) is 29.8 Å². The van der Waals surface area contributed by atoms with Crippen molar-refractivity contribution in [2.45, 2.75) is 13.0 Å². The molecule has 0 aliphatic rings. The van der Waals surface area contributed by atoms with Gasteiger partial charge < -0.3 is 15.4 Å². The number of hydrogen-bond donors (Lipinski definition) is 3. The molecule has 0 bridgehead atoms. The Morgan fingerprint density at radius 2 is 1.35 bits per heavy atom. The molecule has 4 aromatic rings. The molecule has 2 amide bonds. The first-order valence-corrected chi connectivity index (χ1v) is 12.3. The van der Waals surface area contributed by atoms with E-state index in [2.05, 4.69) is 16.0 Å². The maximum absolute atomic E-state index is 12.7. The van der Waals surface area contributed by atoms with Gasteiger partial charge in [-0.2, -0.15) is 0 Å². The van der Waals surface area contributed by atoms with E-state index in [1.165, 1.54) is 5.56 Å². The maximum atomic E-state index is 12.7. The van der Waals surface area contributed by atoms with E-state index in [9.17, 15) is 9.59 Å². The van der Waals surface area contributed by atoms with Gasteiger partial charge in [0.05, 0.1) is 6.61 Å². The second kappa shape index (κ2) is 13.0. The van der Waals surface area contributed by atoms with Crippen LogP contribution >= 0.6 is 12.2 Å². The standard InChI is InChI=1S/C30H27N3O3S/c34-28(31-21-23-11-5-2-6-12-23)24-13-7-15-26(19-24)32-30(37)33-29(35)25-14-8-16-27(20-25)36-18-17-22-9-3-1-4-10-22/h1-16,19-20H,17-18,21H2,(H,31,34)(H2,32,33,35,37). The number of thiocarbonyl (C=S) groups is 1. The summed E-state index contributed by atoms with van der Waals surface area (Å²) < 4.78 is 5.82. The first-order valence-electron chi connectivity index (χ1n) is 11.9. The number of carbonyl (C=O) groups excluding carboxylic acids is 2. The molecule has 6 nitrogen and oxygen atoms in total.